The fraction of sp³-hybridized carbons (Fsp3) is 0.600. The summed E-state index contributed by atoms with van der Waals surface area (Å²) < 4.78 is 1.31. The zero-order chi connectivity index (χ0) is 9.26. The van der Waals surface area contributed by atoms with Crippen LogP contribution in [-0.2, 0) is 6.42 Å². The van der Waals surface area contributed by atoms with E-state index in [9.17, 15) is 0 Å². The van der Waals surface area contributed by atoms with Crippen molar-refractivity contribution in [2.75, 3.05) is 6.54 Å². The van der Waals surface area contributed by atoms with E-state index in [1.807, 2.05) is 11.3 Å². The molecule has 0 saturated heterocycles. The van der Waals surface area contributed by atoms with Crippen LogP contribution in [0.25, 0.3) is 0 Å². The zero-order valence-corrected chi connectivity index (χ0v) is 9.96. The molecule has 1 aliphatic rings. The Hall–Kier alpha value is 0.140. The molecule has 1 heterocycles. The van der Waals surface area contributed by atoms with Gasteiger partial charge in [-0.05, 0) is 53.7 Å². The van der Waals surface area contributed by atoms with Crippen LogP contribution in [0.3, 0.4) is 0 Å². The second-order valence-corrected chi connectivity index (χ2v) is 5.61. The molecular weight excluding hydrogens is 246 g/mol. The average molecular weight is 260 g/mol. The van der Waals surface area contributed by atoms with E-state index < -0.39 is 0 Å². The van der Waals surface area contributed by atoms with E-state index >= 15 is 0 Å². The van der Waals surface area contributed by atoms with Crippen LogP contribution in [0.15, 0.2) is 10.5 Å². The van der Waals surface area contributed by atoms with Crippen molar-refractivity contribution in [3.63, 3.8) is 0 Å². The van der Waals surface area contributed by atoms with Gasteiger partial charge in [0.2, 0.25) is 0 Å². The summed E-state index contributed by atoms with van der Waals surface area (Å²) in [4.78, 5) is 2.98. The van der Waals surface area contributed by atoms with Gasteiger partial charge in [-0.1, -0.05) is 6.42 Å². The third kappa shape index (κ3) is 1.97. The maximum Gasteiger partial charge on any atom is 0.0320 e. The summed E-state index contributed by atoms with van der Waals surface area (Å²) in [5.41, 5.74) is 5.53. The Balaban J connectivity index is 2.15. The molecule has 13 heavy (non-hydrogen) atoms. The lowest BCUT2D eigenvalue weighted by Crippen LogP contribution is -2.07. The number of nitrogens with two attached hydrogens (primary N) is 1. The Kier molecular flexibility index (Phi) is 3.06. The van der Waals surface area contributed by atoms with Gasteiger partial charge in [0.1, 0.15) is 0 Å². The van der Waals surface area contributed by atoms with Gasteiger partial charge in [0, 0.05) is 14.2 Å². The maximum atomic E-state index is 5.53. The van der Waals surface area contributed by atoms with Crippen LogP contribution in [0.2, 0.25) is 0 Å². The normalized spacial score (nSPS) is 17.4. The Morgan fingerprint density at radius 3 is 2.85 bits per heavy atom. The number of rotatable bonds is 3. The molecule has 1 aliphatic carbocycles. The molecule has 0 radical (unpaired) electrons. The molecule has 0 atom stereocenters. The highest BCUT2D eigenvalue weighted by Crippen LogP contribution is 2.43. The van der Waals surface area contributed by atoms with Crippen LogP contribution < -0.4 is 5.73 Å². The van der Waals surface area contributed by atoms with Crippen LogP contribution in [0, 0.1) is 0 Å². The molecule has 0 aliphatic heterocycles. The highest BCUT2D eigenvalue weighted by Gasteiger charge is 2.23. The molecule has 3 heteroatoms. The first kappa shape index (κ1) is 9.69. The summed E-state index contributed by atoms with van der Waals surface area (Å²) in [5, 5.41) is 0. The third-order valence-corrected chi connectivity index (χ3v) is 4.91. The molecular formula is C10H14BrNS. The highest BCUT2D eigenvalue weighted by atomic mass is 79.9. The minimum atomic E-state index is 0.761. The van der Waals surface area contributed by atoms with E-state index in [2.05, 4.69) is 22.0 Å². The quantitative estimate of drug-likeness (QED) is 0.886. The van der Waals surface area contributed by atoms with Gasteiger partial charge in [-0.15, -0.1) is 11.3 Å². The van der Waals surface area contributed by atoms with Crippen molar-refractivity contribution >= 4 is 27.3 Å². The van der Waals surface area contributed by atoms with Gasteiger partial charge in [-0.2, -0.15) is 0 Å². The number of hydrogen-bond donors (Lipinski definition) is 1. The lowest BCUT2D eigenvalue weighted by Gasteiger charge is -2.24. The van der Waals surface area contributed by atoms with Gasteiger partial charge >= 0.3 is 0 Å². The van der Waals surface area contributed by atoms with Crippen molar-refractivity contribution in [1.29, 1.82) is 0 Å². The van der Waals surface area contributed by atoms with E-state index in [-0.39, 0.29) is 0 Å². The summed E-state index contributed by atoms with van der Waals surface area (Å²) in [7, 11) is 0. The fourth-order valence-corrected chi connectivity index (χ4v) is 3.88. The smallest absolute Gasteiger partial charge is 0.0320 e. The van der Waals surface area contributed by atoms with Crippen molar-refractivity contribution in [3.05, 3.63) is 20.3 Å². The molecule has 1 nitrogen and oxygen atoms in total. The van der Waals surface area contributed by atoms with E-state index in [0.717, 1.165) is 18.9 Å². The van der Waals surface area contributed by atoms with Gasteiger partial charge in [0.25, 0.3) is 0 Å². The maximum absolute atomic E-state index is 5.53. The number of halogens is 1. The number of thiophene rings is 1. The largest absolute Gasteiger partial charge is 0.330 e. The first-order chi connectivity index (χ1) is 6.31. The highest BCUT2D eigenvalue weighted by molar-refractivity contribution is 9.10. The van der Waals surface area contributed by atoms with Crippen molar-refractivity contribution in [3.8, 4) is 0 Å². The van der Waals surface area contributed by atoms with Crippen molar-refractivity contribution in [2.24, 2.45) is 5.73 Å². The molecule has 72 valence electrons. The molecule has 2 N–H and O–H groups in total. The van der Waals surface area contributed by atoms with Crippen molar-refractivity contribution in [1.82, 2.24) is 0 Å². The van der Waals surface area contributed by atoms with Crippen molar-refractivity contribution in [2.45, 2.75) is 31.6 Å². The van der Waals surface area contributed by atoms with Crippen LogP contribution in [0.4, 0.5) is 0 Å². The molecule has 0 unspecified atom stereocenters. The third-order valence-electron chi connectivity index (χ3n) is 2.63. The molecule has 0 spiro atoms. The second kappa shape index (κ2) is 4.11. The zero-order valence-electron chi connectivity index (χ0n) is 7.55. The summed E-state index contributed by atoms with van der Waals surface area (Å²) in [6.07, 6.45) is 5.18. The summed E-state index contributed by atoms with van der Waals surface area (Å²) >= 11 is 5.57. The molecule has 0 bridgehead atoms. The topological polar surface area (TPSA) is 26.0 Å². The summed E-state index contributed by atoms with van der Waals surface area (Å²) in [6.45, 7) is 0.761. The van der Waals surface area contributed by atoms with Crippen LogP contribution in [-0.4, -0.2) is 6.54 Å². The Bertz CT molecular complexity index is 291. The second-order valence-electron chi connectivity index (χ2n) is 3.59. The van der Waals surface area contributed by atoms with Crippen LogP contribution in [0.1, 0.15) is 34.9 Å². The number of hydrogen-bond acceptors (Lipinski definition) is 2. The first-order valence-electron chi connectivity index (χ1n) is 4.79. The SMILES string of the molecule is NCCc1cc(Br)c(C2CCC2)s1. The monoisotopic (exact) mass is 259 g/mol. The van der Waals surface area contributed by atoms with Crippen molar-refractivity contribution < 1.29 is 0 Å². The van der Waals surface area contributed by atoms with Gasteiger partial charge < -0.3 is 5.73 Å². The molecule has 1 aromatic heterocycles. The molecule has 2 rings (SSSR count). The average Bonchev–Trinajstić information content (AvgIpc) is 2.30. The predicted molar refractivity (Wildman–Crippen MR) is 61.4 cm³/mol. The van der Waals surface area contributed by atoms with E-state index in [0.29, 0.717) is 0 Å². The van der Waals surface area contributed by atoms with Gasteiger partial charge in [0.15, 0.2) is 0 Å². The van der Waals surface area contributed by atoms with Crippen LogP contribution >= 0.6 is 27.3 Å². The van der Waals surface area contributed by atoms with E-state index in [1.165, 1.54) is 28.6 Å². The minimum absolute atomic E-state index is 0.761. The van der Waals surface area contributed by atoms with E-state index in [4.69, 9.17) is 5.73 Å². The Labute approximate surface area is 91.5 Å². The van der Waals surface area contributed by atoms with Crippen LogP contribution in [0.5, 0.6) is 0 Å². The predicted octanol–water partition coefficient (Wildman–Crippen LogP) is 3.28. The van der Waals surface area contributed by atoms with Gasteiger partial charge in [0.05, 0.1) is 0 Å². The molecule has 1 aromatic rings. The summed E-state index contributed by atoms with van der Waals surface area (Å²) in [5.74, 6) is 0.839. The summed E-state index contributed by atoms with van der Waals surface area (Å²) in [6, 6.07) is 2.24. The van der Waals surface area contributed by atoms with Gasteiger partial charge in [-0.25, -0.2) is 0 Å². The molecule has 0 amide bonds. The first-order valence-corrected chi connectivity index (χ1v) is 6.40. The fourth-order valence-electron chi connectivity index (χ4n) is 1.65. The lowest BCUT2D eigenvalue weighted by atomic mass is 9.84. The standard InChI is InChI=1S/C10H14BrNS/c11-9-6-8(4-5-12)13-10(9)7-2-1-3-7/h6-7H,1-5,12H2. The Morgan fingerprint density at radius 1 is 1.54 bits per heavy atom. The Morgan fingerprint density at radius 2 is 2.31 bits per heavy atom. The van der Waals surface area contributed by atoms with E-state index in [1.54, 1.807) is 4.88 Å². The lowest BCUT2D eigenvalue weighted by molar-refractivity contribution is 0.424. The molecule has 1 saturated carbocycles. The van der Waals surface area contributed by atoms with Gasteiger partial charge in [-0.3, -0.25) is 0 Å². The minimum Gasteiger partial charge on any atom is -0.330 e. The molecule has 0 aromatic carbocycles. The molecule has 1 fully saturated rings.